The molecular formula is C14H11Cl2NO3. The van der Waals surface area contributed by atoms with Gasteiger partial charge in [0, 0.05) is 11.6 Å². The third-order valence-corrected chi connectivity index (χ3v) is 3.44. The number of halogens is 2. The minimum absolute atomic E-state index is 0.00183. The minimum Gasteiger partial charge on any atom is -0.455 e. The highest BCUT2D eigenvalue weighted by Gasteiger charge is 2.16. The van der Waals surface area contributed by atoms with Crippen LogP contribution in [0, 0.1) is 17.0 Å². The molecule has 20 heavy (non-hydrogen) atoms. The Morgan fingerprint density at radius 2 is 1.95 bits per heavy atom. The molecule has 0 aromatic heterocycles. The first kappa shape index (κ1) is 14.6. The fourth-order valence-corrected chi connectivity index (χ4v) is 2.24. The van der Waals surface area contributed by atoms with Crippen LogP contribution in [-0.2, 0) is 5.88 Å². The van der Waals surface area contributed by atoms with Gasteiger partial charge in [0.15, 0.2) is 0 Å². The van der Waals surface area contributed by atoms with Crippen LogP contribution in [0.25, 0.3) is 0 Å². The maximum atomic E-state index is 10.9. The molecule has 6 heteroatoms. The number of rotatable bonds is 4. The Morgan fingerprint density at radius 3 is 2.60 bits per heavy atom. The molecule has 0 aliphatic heterocycles. The molecule has 4 nitrogen and oxygen atoms in total. The van der Waals surface area contributed by atoms with Gasteiger partial charge in [-0.3, -0.25) is 10.1 Å². The zero-order chi connectivity index (χ0) is 14.7. The van der Waals surface area contributed by atoms with Crippen LogP contribution in [0.2, 0.25) is 5.02 Å². The van der Waals surface area contributed by atoms with Gasteiger partial charge >= 0.3 is 0 Å². The smallest absolute Gasteiger partial charge is 0.276 e. The van der Waals surface area contributed by atoms with Crippen molar-refractivity contribution in [3.63, 3.8) is 0 Å². The first-order valence-corrected chi connectivity index (χ1v) is 6.71. The molecule has 104 valence electrons. The molecule has 0 aliphatic carbocycles. The normalized spacial score (nSPS) is 10.3. The van der Waals surface area contributed by atoms with Crippen LogP contribution in [0.4, 0.5) is 5.69 Å². The van der Waals surface area contributed by atoms with Gasteiger partial charge in [0.1, 0.15) is 11.5 Å². The molecular weight excluding hydrogens is 301 g/mol. The van der Waals surface area contributed by atoms with Gasteiger partial charge in [0.2, 0.25) is 0 Å². The zero-order valence-electron chi connectivity index (χ0n) is 10.6. The van der Waals surface area contributed by atoms with Crippen molar-refractivity contribution in [1.82, 2.24) is 0 Å². The maximum Gasteiger partial charge on any atom is 0.276 e. The van der Waals surface area contributed by atoms with Crippen LogP contribution in [0.5, 0.6) is 11.5 Å². The number of nitro benzene ring substituents is 1. The highest BCUT2D eigenvalue weighted by Crippen LogP contribution is 2.37. The average molecular weight is 312 g/mol. The lowest BCUT2D eigenvalue weighted by Gasteiger charge is -2.13. The number of nitro groups is 1. The highest BCUT2D eigenvalue weighted by atomic mass is 35.5. The number of benzene rings is 2. The second-order valence-electron chi connectivity index (χ2n) is 4.12. The lowest BCUT2D eigenvalue weighted by atomic mass is 10.1. The third-order valence-electron chi connectivity index (χ3n) is 2.86. The molecule has 0 radical (unpaired) electrons. The molecule has 0 N–H and O–H groups in total. The summed E-state index contributed by atoms with van der Waals surface area (Å²) in [6.07, 6.45) is 0. The first-order chi connectivity index (χ1) is 9.54. The van der Waals surface area contributed by atoms with Gasteiger partial charge in [-0.1, -0.05) is 29.8 Å². The minimum atomic E-state index is -0.447. The first-order valence-electron chi connectivity index (χ1n) is 5.79. The molecule has 2 rings (SSSR count). The van der Waals surface area contributed by atoms with E-state index < -0.39 is 4.92 Å². The summed E-state index contributed by atoms with van der Waals surface area (Å²) < 4.78 is 5.73. The summed E-state index contributed by atoms with van der Waals surface area (Å²) in [4.78, 5) is 10.5. The van der Waals surface area contributed by atoms with Crippen molar-refractivity contribution in [3.05, 3.63) is 62.7 Å². The molecule has 0 unspecified atom stereocenters. The molecule has 0 fully saturated rings. The fraction of sp³-hybridized carbons (Fsp3) is 0.143. The number of para-hydroxylation sites is 1. The fourth-order valence-electron chi connectivity index (χ4n) is 1.79. The zero-order valence-corrected chi connectivity index (χ0v) is 12.1. The molecule has 0 atom stereocenters. The summed E-state index contributed by atoms with van der Waals surface area (Å²) in [6.45, 7) is 1.63. The van der Waals surface area contributed by atoms with Crippen LogP contribution >= 0.6 is 23.2 Å². The molecule has 2 aromatic carbocycles. The monoisotopic (exact) mass is 311 g/mol. The van der Waals surface area contributed by atoms with Crippen molar-refractivity contribution in [2.24, 2.45) is 0 Å². The molecule has 0 spiro atoms. The van der Waals surface area contributed by atoms with Gasteiger partial charge in [-0.15, -0.1) is 11.6 Å². The Balaban J connectivity index is 2.46. The lowest BCUT2D eigenvalue weighted by molar-refractivity contribution is -0.385. The summed E-state index contributed by atoms with van der Waals surface area (Å²) in [7, 11) is 0. The van der Waals surface area contributed by atoms with Crippen molar-refractivity contribution in [1.29, 1.82) is 0 Å². The Labute approximate surface area is 126 Å². The number of ether oxygens (including phenoxy) is 1. The quantitative estimate of drug-likeness (QED) is 0.449. The predicted molar refractivity (Wildman–Crippen MR) is 78.9 cm³/mol. The number of nitrogens with zero attached hydrogens (tertiary/aromatic N) is 1. The van der Waals surface area contributed by atoms with E-state index in [2.05, 4.69) is 0 Å². The number of hydrogen-bond donors (Lipinski definition) is 0. The molecule has 0 aliphatic rings. The van der Waals surface area contributed by atoms with Gasteiger partial charge in [-0.05, 0) is 19.1 Å². The maximum absolute atomic E-state index is 10.9. The van der Waals surface area contributed by atoms with Crippen LogP contribution in [0.1, 0.15) is 11.1 Å². The number of alkyl halides is 1. The van der Waals surface area contributed by atoms with E-state index in [0.29, 0.717) is 22.1 Å². The van der Waals surface area contributed by atoms with Crippen molar-refractivity contribution in [2.45, 2.75) is 12.8 Å². The molecule has 2 aromatic rings. The van der Waals surface area contributed by atoms with E-state index in [-0.39, 0.29) is 11.6 Å². The SMILES string of the molecule is Cc1c(Oc2c(Cl)cccc2CCl)cccc1[N+](=O)[O-]. The lowest BCUT2D eigenvalue weighted by Crippen LogP contribution is -1.96. The summed E-state index contributed by atoms with van der Waals surface area (Å²) in [5.41, 5.74) is 1.17. The predicted octanol–water partition coefficient (Wildman–Crippen LogP) is 5.09. The van der Waals surface area contributed by atoms with Crippen LogP contribution < -0.4 is 4.74 Å². The van der Waals surface area contributed by atoms with Gasteiger partial charge in [0.05, 0.1) is 21.4 Å². The summed E-state index contributed by atoms with van der Waals surface area (Å²) in [5, 5.41) is 11.3. The van der Waals surface area contributed by atoms with E-state index in [0.717, 1.165) is 5.56 Å². The van der Waals surface area contributed by atoms with Gasteiger partial charge in [-0.25, -0.2) is 0 Å². The molecule has 0 saturated heterocycles. The molecule has 0 amide bonds. The van der Waals surface area contributed by atoms with Crippen molar-refractivity contribution in [2.75, 3.05) is 0 Å². The van der Waals surface area contributed by atoms with Gasteiger partial charge in [0.25, 0.3) is 5.69 Å². The summed E-state index contributed by atoms with van der Waals surface area (Å²) in [6, 6.07) is 9.90. The van der Waals surface area contributed by atoms with E-state index in [1.807, 2.05) is 0 Å². The third kappa shape index (κ3) is 2.86. The Bertz CT molecular complexity index is 659. The Morgan fingerprint density at radius 1 is 1.25 bits per heavy atom. The Kier molecular flexibility index (Phi) is 4.47. The van der Waals surface area contributed by atoms with Gasteiger partial charge in [-0.2, -0.15) is 0 Å². The van der Waals surface area contributed by atoms with E-state index in [1.165, 1.54) is 6.07 Å². The topological polar surface area (TPSA) is 52.4 Å². The van der Waals surface area contributed by atoms with E-state index in [4.69, 9.17) is 27.9 Å². The van der Waals surface area contributed by atoms with E-state index >= 15 is 0 Å². The summed E-state index contributed by atoms with van der Waals surface area (Å²) >= 11 is 11.9. The number of hydrogen-bond acceptors (Lipinski definition) is 3. The van der Waals surface area contributed by atoms with Crippen molar-refractivity contribution >= 4 is 28.9 Å². The van der Waals surface area contributed by atoms with Crippen molar-refractivity contribution < 1.29 is 9.66 Å². The van der Waals surface area contributed by atoms with Crippen LogP contribution in [0.15, 0.2) is 36.4 Å². The summed E-state index contributed by atoms with van der Waals surface area (Å²) in [5.74, 6) is 1.05. The standard InChI is InChI=1S/C14H11Cl2NO3/c1-9-12(17(18)19)6-3-7-13(9)20-14-10(8-15)4-2-5-11(14)16/h2-7H,8H2,1H3. The van der Waals surface area contributed by atoms with E-state index in [9.17, 15) is 10.1 Å². The molecule has 0 heterocycles. The van der Waals surface area contributed by atoms with Gasteiger partial charge < -0.3 is 4.74 Å². The molecule has 0 saturated carbocycles. The highest BCUT2D eigenvalue weighted by molar-refractivity contribution is 6.32. The second-order valence-corrected chi connectivity index (χ2v) is 4.80. The van der Waals surface area contributed by atoms with Crippen LogP contribution in [-0.4, -0.2) is 4.92 Å². The Hall–Kier alpha value is -1.78. The van der Waals surface area contributed by atoms with E-state index in [1.54, 1.807) is 37.3 Å². The largest absolute Gasteiger partial charge is 0.455 e. The second kappa shape index (κ2) is 6.11. The van der Waals surface area contributed by atoms with Crippen molar-refractivity contribution in [3.8, 4) is 11.5 Å². The van der Waals surface area contributed by atoms with Crippen LogP contribution in [0.3, 0.4) is 0 Å². The average Bonchev–Trinajstić information content (AvgIpc) is 2.42. The molecule has 0 bridgehead atoms.